The van der Waals surface area contributed by atoms with Crippen LogP contribution in [-0.2, 0) is 6.61 Å². The highest BCUT2D eigenvalue weighted by molar-refractivity contribution is 5.37. The van der Waals surface area contributed by atoms with Gasteiger partial charge in [-0.2, -0.15) is 0 Å². The molecule has 0 saturated carbocycles. The maximum atomic E-state index is 13.4. The van der Waals surface area contributed by atoms with Crippen molar-refractivity contribution in [2.24, 2.45) is 0 Å². The van der Waals surface area contributed by atoms with Gasteiger partial charge in [0.05, 0.1) is 0 Å². The predicted octanol–water partition coefficient (Wildman–Crippen LogP) is 3.56. The van der Waals surface area contributed by atoms with Crippen molar-refractivity contribution in [3.63, 3.8) is 0 Å². The minimum Gasteiger partial charge on any atom is -0.508 e. The molecule has 0 heterocycles. The van der Waals surface area contributed by atoms with Crippen LogP contribution in [0.2, 0.25) is 0 Å². The molecule has 0 aliphatic rings. The Labute approximate surface area is 103 Å². The topological polar surface area (TPSA) is 29.5 Å². The lowest BCUT2D eigenvalue weighted by molar-refractivity contribution is 0.295. The molecule has 0 atom stereocenters. The first-order chi connectivity index (χ1) is 8.56. The van der Waals surface area contributed by atoms with Gasteiger partial charge in [0, 0.05) is 11.6 Å². The summed E-state index contributed by atoms with van der Waals surface area (Å²) in [6, 6.07) is 8.63. The molecule has 2 aromatic carbocycles. The zero-order valence-electron chi connectivity index (χ0n) is 9.78. The quantitative estimate of drug-likeness (QED) is 0.902. The number of rotatable bonds is 3. The summed E-state index contributed by atoms with van der Waals surface area (Å²) in [4.78, 5) is 0. The molecule has 0 aromatic heterocycles. The minimum atomic E-state index is -0.908. The largest absolute Gasteiger partial charge is 0.508 e. The molecule has 18 heavy (non-hydrogen) atoms. The normalized spacial score (nSPS) is 10.4. The number of hydrogen-bond donors (Lipinski definition) is 1. The van der Waals surface area contributed by atoms with Gasteiger partial charge in [-0.3, -0.25) is 0 Å². The van der Waals surface area contributed by atoms with E-state index in [2.05, 4.69) is 0 Å². The molecule has 4 heteroatoms. The lowest BCUT2D eigenvalue weighted by atomic mass is 10.2. The van der Waals surface area contributed by atoms with Crippen molar-refractivity contribution in [2.45, 2.75) is 13.5 Å². The van der Waals surface area contributed by atoms with Crippen LogP contribution in [0.25, 0.3) is 0 Å². The number of hydrogen-bond acceptors (Lipinski definition) is 2. The second-order valence-electron chi connectivity index (χ2n) is 4.01. The lowest BCUT2D eigenvalue weighted by Gasteiger charge is -2.08. The molecule has 0 saturated heterocycles. The van der Waals surface area contributed by atoms with Crippen molar-refractivity contribution >= 4 is 0 Å². The standard InChI is InChI=1S/C14H12F2O2/c1-9-5-11(17)7-12(6-9)18-8-10-3-2-4-13(15)14(10)16/h2-7,17H,8H2,1H3. The van der Waals surface area contributed by atoms with Crippen LogP contribution in [0.5, 0.6) is 11.5 Å². The van der Waals surface area contributed by atoms with Gasteiger partial charge in [0.15, 0.2) is 11.6 Å². The molecule has 2 nitrogen and oxygen atoms in total. The Morgan fingerprint density at radius 3 is 2.67 bits per heavy atom. The van der Waals surface area contributed by atoms with Crippen molar-refractivity contribution in [3.05, 3.63) is 59.2 Å². The molecule has 0 amide bonds. The van der Waals surface area contributed by atoms with Crippen molar-refractivity contribution in [1.29, 1.82) is 0 Å². The molecule has 2 rings (SSSR count). The average Bonchev–Trinajstić information content (AvgIpc) is 2.30. The molecule has 0 unspecified atom stereocenters. The highest BCUT2D eigenvalue weighted by atomic mass is 19.2. The van der Waals surface area contributed by atoms with E-state index in [0.29, 0.717) is 5.75 Å². The molecule has 0 radical (unpaired) electrons. The Morgan fingerprint density at radius 2 is 1.94 bits per heavy atom. The van der Waals surface area contributed by atoms with Crippen LogP contribution in [0.1, 0.15) is 11.1 Å². The second kappa shape index (κ2) is 5.04. The van der Waals surface area contributed by atoms with E-state index < -0.39 is 11.6 Å². The van der Waals surface area contributed by atoms with Crippen LogP contribution in [0.3, 0.4) is 0 Å². The zero-order chi connectivity index (χ0) is 13.1. The van der Waals surface area contributed by atoms with Gasteiger partial charge in [0.1, 0.15) is 18.1 Å². The third-order valence-electron chi connectivity index (χ3n) is 2.46. The first kappa shape index (κ1) is 12.4. The molecule has 0 spiro atoms. The van der Waals surface area contributed by atoms with Crippen LogP contribution < -0.4 is 4.74 Å². The Kier molecular flexibility index (Phi) is 3.46. The molecular weight excluding hydrogens is 238 g/mol. The van der Waals surface area contributed by atoms with Gasteiger partial charge in [0.25, 0.3) is 0 Å². The summed E-state index contributed by atoms with van der Waals surface area (Å²) < 4.78 is 31.6. The Morgan fingerprint density at radius 1 is 1.17 bits per heavy atom. The molecule has 0 aliphatic heterocycles. The lowest BCUT2D eigenvalue weighted by Crippen LogP contribution is -2.00. The Hall–Kier alpha value is -2.10. The number of ether oxygens (including phenoxy) is 1. The van der Waals surface area contributed by atoms with Crippen LogP contribution >= 0.6 is 0 Å². The van der Waals surface area contributed by atoms with Gasteiger partial charge in [-0.05, 0) is 30.7 Å². The summed E-state index contributed by atoms with van der Waals surface area (Å²) in [5, 5.41) is 9.38. The average molecular weight is 250 g/mol. The van der Waals surface area contributed by atoms with Crippen LogP contribution in [0.4, 0.5) is 8.78 Å². The van der Waals surface area contributed by atoms with Crippen molar-refractivity contribution in [3.8, 4) is 11.5 Å². The predicted molar refractivity (Wildman–Crippen MR) is 63.5 cm³/mol. The van der Waals surface area contributed by atoms with E-state index in [-0.39, 0.29) is 17.9 Å². The number of phenolic OH excluding ortho intramolecular Hbond substituents is 1. The van der Waals surface area contributed by atoms with Gasteiger partial charge in [-0.15, -0.1) is 0 Å². The molecule has 0 bridgehead atoms. The van der Waals surface area contributed by atoms with Gasteiger partial charge in [-0.25, -0.2) is 8.78 Å². The Balaban J connectivity index is 2.14. The Bertz CT molecular complexity index is 547. The summed E-state index contributed by atoms with van der Waals surface area (Å²) in [6.45, 7) is 1.71. The third-order valence-corrected chi connectivity index (χ3v) is 2.46. The number of aromatic hydroxyl groups is 1. The van der Waals surface area contributed by atoms with E-state index in [1.807, 2.05) is 0 Å². The zero-order valence-corrected chi connectivity index (χ0v) is 9.78. The van der Waals surface area contributed by atoms with Gasteiger partial charge in [0.2, 0.25) is 0 Å². The van der Waals surface area contributed by atoms with Crippen molar-refractivity contribution < 1.29 is 18.6 Å². The van der Waals surface area contributed by atoms with Crippen molar-refractivity contribution in [2.75, 3.05) is 0 Å². The maximum absolute atomic E-state index is 13.4. The number of phenols is 1. The highest BCUT2D eigenvalue weighted by Gasteiger charge is 2.08. The minimum absolute atomic E-state index is 0.0738. The highest BCUT2D eigenvalue weighted by Crippen LogP contribution is 2.22. The van der Waals surface area contributed by atoms with Crippen LogP contribution in [0, 0.1) is 18.6 Å². The van der Waals surface area contributed by atoms with E-state index in [0.717, 1.165) is 11.6 Å². The molecule has 2 aromatic rings. The fourth-order valence-electron chi connectivity index (χ4n) is 1.63. The van der Waals surface area contributed by atoms with E-state index in [1.165, 1.54) is 18.2 Å². The number of aryl methyl sites for hydroxylation is 1. The molecule has 0 aliphatic carbocycles. The third kappa shape index (κ3) is 2.77. The smallest absolute Gasteiger partial charge is 0.165 e. The second-order valence-corrected chi connectivity index (χ2v) is 4.01. The number of benzene rings is 2. The first-order valence-electron chi connectivity index (χ1n) is 5.42. The van der Waals surface area contributed by atoms with Crippen LogP contribution in [0.15, 0.2) is 36.4 Å². The van der Waals surface area contributed by atoms with Gasteiger partial charge < -0.3 is 9.84 Å². The molecule has 94 valence electrons. The first-order valence-corrected chi connectivity index (χ1v) is 5.42. The summed E-state index contributed by atoms with van der Waals surface area (Å²) in [5.41, 5.74) is 0.959. The van der Waals surface area contributed by atoms with Crippen molar-refractivity contribution in [1.82, 2.24) is 0 Å². The summed E-state index contributed by atoms with van der Waals surface area (Å²) in [6.07, 6.45) is 0. The summed E-state index contributed by atoms with van der Waals surface area (Å²) in [7, 11) is 0. The van der Waals surface area contributed by atoms with Gasteiger partial charge in [-0.1, -0.05) is 12.1 Å². The molecule has 1 N–H and O–H groups in total. The number of halogens is 2. The van der Waals surface area contributed by atoms with Crippen LogP contribution in [-0.4, -0.2) is 5.11 Å². The molecule has 0 fully saturated rings. The fourth-order valence-corrected chi connectivity index (χ4v) is 1.63. The summed E-state index contributed by atoms with van der Waals surface area (Å²) in [5.74, 6) is -1.32. The SMILES string of the molecule is Cc1cc(O)cc(OCc2cccc(F)c2F)c1. The monoisotopic (exact) mass is 250 g/mol. The van der Waals surface area contributed by atoms with E-state index in [1.54, 1.807) is 19.1 Å². The van der Waals surface area contributed by atoms with E-state index in [9.17, 15) is 13.9 Å². The molecular formula is C14H12F2O2. The summed E-state index contributed by atoms with van der Waals surface area (Å²) >= 11 is 0. The van der Waals surface area contributed by atoms with E-state index in [4.69, 9.17) is 4.74 Å². The van der Waals surface area contributed by atoms with Gasteiger partial charge >= 0.3 is 0 Å². The maximum Gasteiger partial charge on any atom is 0.165 e. The fraction of sp³-hybridized carbons (Fsp3) is 0.143. The van der Waals surface area contributed by atoms with E-state index >= 15 is 0 Å².